The number of likely N-dealkylation sites (tertiary alicyclic amines) is 2. The molecule has 6 rings (SSSR count). The summed E-state index contributed by atoms with van der Waals surface area (Å²) in [4.78, 5) is 37.8. The van der Waals surface area contributed by atoms with Gasteiger partial charge >= 0.3 is 0 Å². The van der Waals surface area contributed by atoms with Crippen molar-refractivity contribution >= 4 is 38.5 Å². The third kappa shape index (κ3) is 4.19. The van der Waals surface area contributed by atoms with Crippen LogP contribution in [0, 0.1) is 11.8 Å². The van der Waals surface area contributed by atoms with Crippen molar-refractivity contribution in [1.82, 2.24) is 24.8 Å². The number of nitrogens with zero attached hydrogens (tertiary/aromatic N) is 4. The molecule has 3 aliphatic heterocycles. The molecule has 2 atom stereocenters. The molecule has 2 unspecified atom stereocenters. The Hall–Kier alpha value is -3.01. The largest absolute Gasteiger partial charge is 0.356 e. The average Bonchev–Trinajstić information content (AvgIpc) is 3.53. The molecule has 1 aromatic carbocycles. The van der Waals surface area contributed by atoms with Gasteiger partial charge in [0.1, 0.15) is 16.2 Å². The zero-order valence-electron chi connectivity index (χ0n) is 21.7. The van der Waals surface area contributed by atoms with Crippen molar-refractivity contribution in [3.63, 3.8) is 0 Å². The first-order chi connectivity index (χ1) is 18.0. The Kier molecular flexibility index (Phi) is 6.38. The van der Waals surface area contributed by atoms with Crippen LogP contribution in [-0.4, -0.2) is 79.7 Å². The first-order valence-corrected chi connectivity index (χ1v) is 14.0. The second kappa shape index (κ2) is 9.70. The van der Waals surface area contributed by atoms with Crippen LogP contribution in [0.3, 0.4) is 0 Å². The van der Waals surface area contributed by atoms with Crippen molar-refractivity contribution in [2.24, 2.45) is 16.8 Å². The summed E-state index contributed by atoms with van der Waals surface area (Å²) in [6, 6.07) is 8.12. The van der Waals surface area contributed by atoms with Crippen LogP contribution in [0.25, 0.3) is 15.0 Å². The quantitative estimate of drug-likeness (QED) is 0.508. The number of carbonyl (C=O) groups excluding carboxylic acids is 1. The number of aliphatic imine (C=N–C) groups is 1. The molecule has 3 aliphatic rings. The zero-order chi connectivity index (χ0) is 25.7. The summed E-state index contributed by atoms with van der Waals surface area (Å²) in [6.45, 7) is 7.56. The molecule has 5 heterocycles. The van der Waals surface area contributed by atoms with Crippen LogP contribution in [0.2, 0.25) is 0 Å². The van der Waals surface area contributed by atoms with Crippen LogP contribution in [0.15, 0.2) is 45.4 Å². The number of hydrogen-bond donors (Lipinski definition) is 2. The lowest BCUT2D eigenvalue weighted by Crippen LogP contribution is -2.35. The molecule has 9 heteroatoms. The Labute approximate surface area is 220 Å². The monoisotopic (exact) mass is 518 g/mol. The number of hydrogen-bond acceptors (Lipinski definition) is 7. The molecular weight excluding hydrogens is 484 g/mol. The van der Waals surface area contributed by atoms with E-state index in [0.29, 0.717) is 35.3 Å². The summed E-state index contributed by atoms with van der Waals surface area (Å²) in [5.74, 6) is 2.02. The summed E-state index contributed by atoms with van der Waals surface area (Å²) < 4.78 is 3.18. The predicted octanol–water partition coefficient (Wildman–Crippen LogP) is 2.55. The van der Waals surface area contributed by atoms with Crippen LogP contribution < -0.4 is 16.1 Å². The number of amides is 1. The third-order valence-corrected chi connectivity index (χ3v) is 9.22. The number of benzene rings is 1. The fraction of sp³-hybridized carbons (Fsp3) is 0.464. The van der Waals surface area contributed by atoms with Crippen LogP contribution in [0.5, 0.6) is 0 Å². The van der Waals surface area contributed by atoms with Gasteiger partial charge < -0.3 is 24.8 Å². The highest BCUT2D eigenvalue weighted by Gasteiger charge is 2.39. The summed E-state index contributed by atoms with van der Waals surface area (Å²) in [5.41, 5.74) is 3.73. The van der Waals surface area contributed by atoms with E-state index in [2.05, 4.69) is 50.9 Å². The molecule has 194 valence electrons. The molecule has 0 spiro atoms. The highest BCUT2D eigenvalue weighted by molar-refractivity contribution is 7.24. The normalized spacial score (nSPS) is 24.8. The first-order valence-electron chi connectivity index (χ1n) is 13.2. The molecule has 2 aromatic heterocycles. The number of fused-ring (bicyclic) bond motifs is 6. The van der Waals surface area contributed by atoms with Crippen molar-refractivity contribution in [2.75, 3.05) is 53.4 Å². The van der Waals surface area contributed by atoms with Crippen LogP contribution >= 0.6 is 11.3 Å². The third-order valence-electron chi connectivity index (χ3n) is 8.07. The van der Waals surface area contributed by atoms with E-state index in [1.54, 1.807) is 6.21 Å². The Balaban J connectivity index is 1.46. The van der Waals surface area contributed by atoms with Gasteiger partial charge in [-0.05, 0) is 63.4 Å². The van der Waals surface area contributed by atoms with Crippen molar-refractivity contribution < 1.29 is 4.79 Å². The van der Waals surface area contributed by atoms with Gasteiger partial charge in [0.05, 0.1) is 15.8 Å². The van der Waals surface area contributed by atoms with E-state index in [4.69, 9.17) is 4.99 Å². The maximum atomic E-state index is 13.9. The van der Waals surface area contributed by atoms with Gasteiger partial charge in [0.15, 0.2) is 0 Å². The van der Waals surface area contributed by atoms with Crippen molar-refractivity contribution in [1.29, 1.82) is 0 Å². The summed E-state index contributed by atoms with van der Waals surface area (Å²) in [7, 11) is 4.04. The van der Waals surface area contributed by atoms with Crippen LogP contribution in [0.1, 0.15) is 35.0 Å². The number of pyridine rings is 1. The van der Waals surface area contributed by atoms with E-state index >= 15 is 0 Å². The van der Waals surface area contributed by atoms with Gasteiger partial charge in [-0.3, -0.25) is 9.59 Å². The molecule has 2 fully saturated rings. The standard InChI is InChI=1S/C28H34N6O2S/c1-17-8-9-21-20(12-31-26(17)33-15-18-13-32(3)14-19(18)16-33)25(35)24(27(36)30-11-10-29-2)28-34(21)22-6-4-5-7-23(22)37-28/h4-7,12,18-19,29H,8-11,13-16H2,1-3H3,(H,30,36)/b26-17-,31-12-. The number of allylic oxidation sites excluding steroid dienone is 1. The fourth-order valence-corrected chi connectivity index (χ4v) is 7.48. The smallest absolute Gasteiger partial charge is 0.258 e. The minimum Gasteiger partial charge on any atom is -0.356 e. The van der Waals surface area contributed by atoms with Gasteiger partial charge in [-0.15, -0.1) is 11.3 Å². The maximum Gasteiger partial charge on any atom is 0.258 e. The molecule has 0 aliphatic carbocycles. The Bertz CT molecular complexity index is 1490. The molecule has 0 bridgehead atoms. The van der Waals surface area contributed by atoms with Gasteiger partial charge in [0.25, 0.3) is 5.91 Å². The molecule has 0 saturated carbocycles. The fourth-order valence-electron chi connectivity index (χ4n) is 6.28. The van der Waals surface area contributed by atoms with E-state index in [1.807, 2.05) is 19.2 Å². The van der Waals surface area contributed by atoms with Gasteiger partial charge in [-0.1, -0.05) is 12.1 Å². The highest BCUT2D eigenvalue weighted by atomic mass is 32.1. The molecule has 1 amide bonds. The van der Waals surface area contributed by atoms with E-state index in [0.717, 1.165) is 60.8 Å². The van der Waals surface area contributed by atoms with Crippen molar-refractivity contribution in [3.05, 3.63) is 62.7 Å². The SMILES string of the molecule is CNCCNC(=O)c1c(=O)c2c(n3c1sc1ccccc13)CC/C(C)=C(N1CC3CN(C)CC3C1)/N=C\2. The number of aromatic nitrogens is 1. The van der Waals surface area contributed by atoms with Crippen LogP contribution in [0.4, 0.5) is 0 Å². The molecule has 8 nitrogen and oxygen atoms in total. The van der Waals surface area contributed by atoms with Crippen molar-refractivity contribution in [3.8, 4) is 0 Å². The molecule has 0 radical (unpaired) electrons. The number of aryl methyl sites for hydroxylation is 1. The van der Waals surface area contributed by atoms with Gasteiger partial charge in [-0.2, -0.15) is 0 Å². The number of carbonyl (C=O) groups is 1. The summed E-state index contributed by atoms with van der Waals surface area (Å²) in [6.07, 6.45) is 3.28. The van der Waals surface area contributed by atoms with E-state index in [9.17, 15) is 9.59 Å². The molecular formula is C28H34N6O2S. The average molecular weight is 519 g/mol. The lowest BCUT2D eigenvalue weighted by atomic mass is 10.0. The number of rotatable bonds is 5. The molecule has 2 saturated heterocycles. The van der Waals surface area contributed by atoms with Gasteiger partial charge in [0.2, 0.25) is 5.43 Å². The summed E-state index contributed by atoms with van der Waals surface area (Å²) in [5, 5.41) is 5.96. The highest BCUT2D eigenvalue weighted by Crippen LogP contribution is 2.35. The zero-order valence-corrected chi connectivity index (χ0v) is 22.5. The Morgan fingerprint density at radius 2 is 1.86 bits per heavy atom. The topological polar surface area (TPSA) is 81.4 Å². The van der Waals surface area contributed by atoms with E-state index in [1.165, 1.54) is 16.9 Å². The minimum absolute atomic E-state index is 0.212. The second-order valence-electron chi connectivity index (χ2n) is 10.6. The Morgan fingerprint density at radius 3 is 2.62 bits per heavy atom. The van der Waals surface area contributed by atoms with Gasteiger partial charge in [-0.25, -0.2) is 4.99 Å². The number of likely N-dealkylation sites (N-methyl/N-ethyl adjacent to an activating group) is 1. The number of thiazole rings is 1. The van der Waals surface area contributed by atoms with Gasteiger partial charge in [0, 0.05) is 51.2 Å². The maximum absolute atomic E-state index is 13.9. The lowest BCUT2D eigenvalue weighted by Gasteiger charge is -2.25. The molecule has 3 aromatic rings. The first kappa shape index (κ1) is 24.3. The van der Waals surface area contributed by atoms with E-state index < -0.39 is 0 Å². The number of nitrogens with one attached hydrogen (secondary N) is 2. The van der Waals surface area contributed by atoms with E-state index in [-0.39, 0.29) is 16.9 Å². The summed E-state index contributed by atoms with van der Waals surface area (Å²) >= 11 is 1.50. The second-order valence-corrected chi connectivity index (χ2v) is 11.7. The minimum atomic E-state index is -0.328. The lowest BCUT2D eigenvalue weighted by molar-refractivity contribution is 0.0954. The molecule has 37 heavy (non-hydrogen) atoms. The van der Waals surface area contributed by atoms with Crippen molar-refractivity contribution in [2.45, 2.75) is 19.8 Å². The number of para-hydroxylation sites is 1. The molecule has 2 N–H and O–H groups in total. The Morgan fingerprint density at radius 1 is 1.11 bits per heavy atom. The van der Waals surface area contributed by atoms with Crippen LogP contribution in [-0.2, 0) is 6.42 Å². The predicted molar refractivity (Wildman–Crippen MR) is 150 cm³/mol.